The van der Waals surface area contributed by atoms with E-state index in [2.05, 4.69) is 20.1 Å². The maximum atomic E-state index is 5.82. The quantitative estimate of drug-likeness (QED) is 0.751. The van der Waals surface area contributed by atoms with Crippen LogP contribution in [0.5, 0.6) is 0 Å². The molecule has 0 fully saturated rings. The largest absolute Gasteiger partial charge is 0.397 e. The predicted octanol–water partition coefficient (Wildman–Crippen LogP) is 2.08. The predicted molar refractivity (Wildman–Crippen MR) is 69.9 cm³/mol. The van der Waals surface area contributed by atoms with Gasteiger partial charge in [0.2, 0.25) is 5.82 Å². The van der Waals surface area contributed by atoms with Crippen LogP contribution in [-0.4, -0.2) is 20.1 Å². The Hall–Kier alpha value is -2.76. The minimum atomic E-state index is 0.361. The van der Waals surface area contributed by atoms with Crippen molar-refractivity contribution in [3.63, 3.8) is 0 Å². The summed E-state index contributed by atoms with van der Waals surface area (Å²) in [7, 11) is 0. The number of hydrogen-bond donors (Lipinski definition) is 1. The highest BCUT2D eigenvalue weighted by atomic mass is 16.5. The molecule has 0 bridgehead atoms. The average Bonchev–Trinajstić information content (AvgIpc) is 2.89. The molecule has 94 valence electrons. The van der Waals surface area contributed by atoms with Crippen molar-refractivity contribution in [3.05, 3.63) is 42.4 Å². The summed E-state index contributed by atoms with van der Waals surface area (Å²) in [6.45, 7) is 1.94. The summed E-state index contributed by atoms with van der Waals surface area (Å²) in [5.41, 5.74) is 8.67. The van der Waals surface area contributed by atoms with Crippen LogP contribution in [0, 0.1) is 6.92 Å². The molecule has 0 aromatic carbocycles. The van der Waals surface area contributed by atoms with E-state index in [1.165, 1.54) is 0 Å². The second kappa shape index (κ2) is 4.49. The van der Waals surface area contributed by atoms with Gasteiger partial charge in [-0.2, -0.15) is 4.98 Å². The zero-order valence-corrected chi connectivity index (χ0v) is 10.2. The van der Waals surface area contributed by atoms with Crippen molar-refractivity contribution in [1.82, 2.24) is 20.1 Å². The molecule has 0 radical (unpaired) electrons. The van der Waals surface area contributed by atoms with Crippen LogP contribution in [0.3, 0.4) is 0 Å². The second-order valence-corrected chi connectivity index (χ2v) is 4.05. The van der Waals surface area contributed by atoms with Gasteiger partial charge < -0.3 is 10.3 Å². The molecule has 6 heteroatoms. The monoisotopic (exact) mass is 253 g/mol. The standard InChI is InChI=1S/C13H11N5O/c1-8-3-2-5-16-11(8)12-17-13(19-18-12)9-4-6-15-7-10(9)14/h2-7H,14H2,1H3. The third-order valence-corrected chi connectivity index (χ3v) is 2.73. The lowest BCUT2D eigenvalue weighted by molar-refractivity contribution is 0.432. The number of nitrogen functional groups attached to an aromatic ring is 1. The van der Waals surface area contributed by atoms with Crippen molar-refractivity contribution in [2.75, 3.05) is 5.73 Å². The van der Waals surface area contributed by atoms with Crippen LogP contribution in [0.2, 0.25) is 0 Å². The number of rotatable bonds is 2. The third kappa shape index (κ3) is 2.03. The topological polar surface area (TPSA) is 90.7 Å². The van der Waals surface area contributed by atoms with Gasteiger partial charge in [0, 0.05) is 12.4 Å². The highest BCUT2D eigenvalue weighted by Crippen LogP contribution is 2.25. The Morgan fingerprint density at radius 3 is 2.89 bits per heavy atom. The Balaban J connectivity index is 2.06. The maximum absolute atomic E-state index is 5.82. The molecule has 0 saturated heterocycles. The van der Waals surface area contributed by atoms with Crippen molar-refractivity contribution >= 4 is 5.69 Å². The van der Waals surface area contributed by atoms with E-state index >= 15 is 0 Å². The van der Waals surface area contributed by atoms with Crippen LogP contribution in [-0.2, 0) is 0 Å². The minimum absolute atomic E-state index is 0.361. The Morgan fingerprint density at radius 1 is 1.21 bits per heavy atom. The molecule has 3 aromatic heterocycles. The van der Waals surface area contributed by atoms with E-state index in [1.807, 2.05) is 19.1 Å². The molecule has 3 heterocycles. The Bertz CT molecular complexity index is 662. The SMILES string of the molecule is Cc1cccnc1-c1noc(-c2ccncc2N)n1. The molecular weight excluding hydrogens is 242 g/mol. The van der Waals surface area contributed by atoms with Crippen LogP contribution in [0.15, 0.2) is 41.3 Å². The molecule has 0 unspecified atom stereocenters. The zero-order valence-electron chi connectivity index (χ0n) is 10.2. The second-order valence-electron chi connectivity index (χ2n) is 4.05. The molecule has 2 N–H and O–H groups in total. The van der Waals surface area contributed by atoms with E-state index in [0.29, 0.717) is 28.7 Å². The summed E-state index contributed by atoms with van der Waals surface area (Å²) in [5, 5.41) is 3.94. The summed E-state index contributed by atoms with van der Waals surface area (Å²) in [5.74, 6) is 0.810. The van der Waals surface area contributed by atoms with Crippen LogP contribution in [0.4, 0.5) is 5.69 Å². The Morgan fingerprint density at radius 2 is 2.11 bits per heavy atom. The molecule has 19 heavy (non-hydrogen) atoms. The van der Waals surface area contributed by atoms with Gasteiger partial charge in [-0.1, -0.05) is 11.2 Å². The van der Waals surface area contributed by atoms with Gasteiger partial charge in [-0.3, -0.25) is 9.97 Å². The van der Waals surface area contributed by atoms with Gasteiger partial charge in [0.05, 0.1) is 17.4 Å². The summed E-state index contributed by atoms with van der Waals surface area (Å²) >= 11 is 0. The van der Waals surface area contributed by atoms with E-state index in [0.717, 1.165) is 5.56 Å². The van der Waals surface area contributed by atoms with Crippen molar-refractivity contribution in [2.24, 2.45) is 0 Å². The maximum Gasteiger partial charge on any atom is 0.260 e. The molecule has 0 aliphatic heterocycles. The van der Waals surface area contributed by atoms with Gasteiger partial charge in [-0.15, -0.1) is 0 Å². The summed E-state index contributed by atoms with van der Waals surface area (Å²) in [6.07, 6.45) is 4.87. The molecule has 0 amide bonds. The fourth-order valence-electron chi connectivity index (χ4n) is 1.75. The van der Waals surface area contributed by atoms with Gasteiger partial charge >= 0.3 is 0 Å². The smallest absolute Gasteiger partial charge is 0.260 e. The minimum Gasteiger partial charge on any atom is -0.397 e. The van der Waals surface area contributed by atoms with Gasteiger partial charge in [-0.05, 0) is 24.6 Å². The first-order valence-electron chi connectivity index (χ1n) is 5.71. The fourth-order valence-corrected chi connectivity index (χ4v) is 1.75. The normalized spacial score (nSPS) is 10.6. The lowest BCUT2D eigenvalue weighted by atomic mass is 10.2. The third-order valence-electron chi connectivity index (χ3n) is 2.73. The molecule has 0 saturated carbocycles. The first kappa shape index (κ1) is 11.3. The van der Waals surface area contributed by atoms with Crippen molar-refractivity contribution in [3.8, 4) is 23.0 Å². The van der Waals surface area contributed by atoms with E-state index in [1.54, 1.807) is 24.7 Å². The van der Waals surface area contributed by atoms with Gasteiger partial charge in [-0.25, -0.2) is 0 Å². The molecule has 0 atom stereocenters. The van der Waals surface area contributed by atoms with Crippen molar-refractivity contribution in [2.45, 2.75) is 6.92 Å². The highest BCUT2D eigenvalue weighted by Gasteiger charge is 2.14. The summed E-state index contributed by atoms with van der Waals surface area (Å²) in [4.78, 5) is 12.5. The van der Waals surface area contributed by atoms with Gasteiger partial charge in [0.25, 0.3) is 5.89 Å². The van der Waals surface area contributed by atoms with E-state index < -0.39 is 0 Å². The van der Waals surface area contributed by atoms with E-state index in [4.69, 9.17) is 10.3 Å². The van der Waals surface area contributed by atoms with Crippen LogP contribution in [0.25, 0.3) is 23.0 Å². The lowest BCUT2D eigenvalue weighted by Crippen LogP contribution is -1.92. The zero-order chi connectivity index (χ0) is 13.2. The van der Waals surface area contributed by atoms with Crippen molar-refractivity contribution < 1.29 is 4.52 Å². The van der Waals surface area contributed by atoms with Crippen LogP contribution >= 0.6 is 0 Å². The molecule has 3 aromatic rings. The van der Waals surface area contributed by atoms with E-state index in [-0.39, 0.29) is 0 Å². The van der Waals surface area contributed by atoms with Crippen molar-refractivity contribution in [1.29, 1.82) is 0 Å². The highest BCUT2D eigenvalue weighted by molar-refractivity contribution is 5.70. The number of anilines is 1. The Kier molecular flexibility index (Phi) is 2.68. The fraction of sp³-hybridized carbons (Fsp3) is 0.0769. The molecule has 3 rings (SSSR count). The molecule has 0 aliphatic rings. The molecular formula is C13H11N5O. The number of pyridine rings is 2. The first-order chi connectivity index (χ1) is 9.25. The number of nitrogens with two attached hydrogens (primary N) is 1. The number of nitrogens with zero attached hydrogens (tertiary/aromatic N) is 4. The number of hydrogen-bond acceptors (Lipinski definition) is 6. The molecule has 0 spiro atoms. The van der Waals surface area contributed by atoms with Crippen LogP contribution < -0.4 is 5.73 Å². The Labute approximate surface area is 109 Å². The molecule has 6 nitrogen and oxygen atoms in total. The summed E-state index contributed by atoms with van der Waals surface area (Å²) in [6, 6.07) is 5.54. The summed E-state index contributed by atoms with van der Waals surface area (Å²) < 4.78 is 5.23. The first-order valence-corrected chi connectivity index (χ1v) is 5.71. The van der Waals surface area contributed by atoms with Crippen LogP contribution in [0.1, 0.15) is 5.56 Å². The average molecular weight is 253 g/mol. The van der Waals surface area contributed by atoms with E-state index in [9.17, 15) is 0 Å². The molecule has 0 aliphatic carbocycles. The van der Waals surface area contributed by atoms with Gasteiger partial charge in [0.15, 0.2) is 0 Å². The number of aromatic nitrogens is 4. The number of aryl methyl sites for hydroxylation is 1. The lowest BCUT2D eigenvalue weighted by Gasteiger charge is -1.98. The van der Waals surface area contributed by atoms with Gasteiger partial charge in [0.1, 0.15) is 5.69 Å².